The van der Waals surface area contributed by atoms with Gasteiger partial charge in [-0.1, -0.05) is 24.4 Å². The number of phenolic OH excluding ortho intramolecular Hbond substituents is 1. The van der Waals surface area contributed by atoms with Gasteiger partial charge in [0.25, 0.3) is 10.9 Å². The summed E-state index contributed by atoms with van der Waals surface area (Å²) in [4.78, 5) is 23.9. The zero-order valence-electron chi connectivity index (χ0n) is 16.9. The molecule has 1 aliphatic carbocycles. The van der Waals surface area contributed by atoms with Crippen LogP contribution in [-0.4, -0.2) is 51.2 Å². The Bertz CT molecular complexity index is 1130. The Labute approximate surface area is 179 Å². The summed E-state index contributed by atoms with van der Waals surface area (Å²) in [6, 6.07) is 2.63. The lowest BCUT2D eigenvalue weighted by atomic mass is 9.97. The number of sulfonamides is 1. The highest BCUT2D eigenvalue weighted by atomic mass is 35.5. The first-order valence-electron chi connectivity index (χ1n) is 9.35. The molecule has 2 aromatic rings. The van der Waals surface area contributed by atoms with Gasteiger partial charge in [-0.2, -0.15) is 0 Å². The minimum Gasteiger partial charge on any atom is -0.504 e. The van der Waals surface area contributed by atoms with E-state index in [1.165, 1.54) is 26.2 Å². The van der Waals surface area contributed by atoms with Gasteiger partial charge in [-0.05, 0) is 25.0 Å². The van der Waals surface area contributed by atoms with Crippen LogP contribution in [-0.2, 0) is 14.8 Å². The predicted octanol–water partition coefficient (Wildman–Crippen LogP) is 2.01. The van der Waals surface area contributed by atoms with Crippen LogP contribution in [0.3, 0.4) is 0 Å². The second kappa shape index (κ2) is 8.18. The summed E-state index contributed by atoms with van der Waals surface area (Å²) in [5.74, 6) is -0.636. The molecule has 1 fully saturated rings. The molecule has 0 spiro atoms. The standard InChI is InChI=1S/C19H24ClN3O6S/c1-23(2)30(27,28)18-11(20)6-7-12(15(18)24)21-13-14(17(26)16(13)25)22-19(10-29-3)8-4-5-9-19/h6-7,21-22,24H,4-5,8-10H2,1-3H3. The van der Waals surface area contributed by atoms with Crippen LogP contribution in [0, 0.1) is 0 Å². The molecule has 0 aliphatic heterocycles. The second-order valence-corrected chi connectivity index (χ2v) is 10.1. The summed E-state index contributed by atoms with van der Waals surface area (Å²) in [6.07, 6.45) is 3.52. The Morgan fingerprint density at radius 3 is 2.33 bits per heavy atom. The molecule has 1 aliphatic rings. The zero-order valence-corrected chi connectivity index (χ0v) is 18.5. The lowest BCUT2D eigenvalue weighted by Gasteiger charge is -2.32. The van der Waals surface area contributed by atoms with Crippen molar-refractivity contribution in [1.29, 1.82) is 0 Å². The normalized spacial score (nSPS) is 16.3. The molecule has 2 aromatic carbocycles. The number of aromatic hydroxyl groups is 1. The lowest BCUT2D eigenvalue weighted by Crippen LogP contribution is -2.46. The third kappa shape index (κ3) is 3.80. The number of hydrogen-bond acceptors (Lipinski definition) is 8. The van der Waals surface area contributed by atoms with Gasteiger partial charge >= 0.3 is 0 Å². The zero-order chi connectivity index (χ0) is 22.3. The van der Waals surface area contributed by atoms with E-state index in [-0.39, 0.29) is 22.1 Å². The number of nitrogens with one attached hydrogen (secondary N) is 2. The molecule has 3 rings (SSSR count). The van der Waals surface area contributed by atoms with E-state index in [1.807, 2.05) is 0 Å². The number of benzene rings is 1. The summed E-state index contributed by atoms with van der Waals surface area (Å²) < 4.78 is 31.2. The molecule has 3 N–H and O–H groups in total. The van der Waals surface area contributed by atoms with Crippen LogP contribution in [0.15, 0.2) is 26.6 Å². The van der Waals surface area contributed by atoms with Crippen molar-refractivity contribution in [2.24, 2.45) is 0 Å². The molecule has 9 nitrogen and oxygen atoms in total. The summed E-state index contributed by atoms with van der Waals surface area (Å²) >= 11 is 6.01. The van der Waals surface area contributed by atoms with Gasteiger partial charge in [0.1, 0.15) is 16.3 Å². The molecular weight excluding hydrogens is 434 g/mol. The monoisotopic (exact) mass is 457 g/mol. The van der Waals surface area contributed by atoms with Crippen molar-refractivity contribution in [3.05, 3.63) is 37.6 Å². The van der Waals surface area contributed by atoms with Crippen molar-refractivity contribution in [2.45, 2.75) is 36.1 Å². The van der Waals surface area contributed by atoms with Crippen LogP contribution in [0.1, 0.15) is 25.7 Å². The van der Waals surface area contributed by atoms with E-state index in [4.69, 9.17) is 16.3 Å². The van der Waals surface area contributed by atoms with Gasteiger partial charge < -0.3 is 20.5 Å². The van der Waals surface area contributed by atoms with Gasteiger partial charge in [-0.3, -0.25) is 9.59 Å². The van der Waals surface area contributed by atoms with Crippen molar-refractivity contribution in [1.82, 2.24) is 4.31 Å². The maximum Gasteiger partial charge on any atom is 0.253 e. The number of nitrogens with zero attached hydrogens (tertiary/aromatic N) is 1. The first kappa shape index (κ1) is 22.5. The van der Waals surface area contributed by atoms with Crippen LogP contribution in [0.2, 0.25) is 5.02 Å². The first-order chi connectivity index (χ1) is 14.0. The van der Waals surface area contributed by atoms with Gasteiger partial charge in [0.15, 0.2) is 5.75 Å². The largest absolute Gasteiger partial charge is 0.504 e. The minimum atomic E-state index is -4.05. The number of anilines is 3. The lowest BCUT2D eigenvalue weighted by molar-refractivity contribution is 0.145. The third-order valence-corrected chi connectivity index (χ3v) is 7.68. The number of phenols is 1. The Morgan fingerprint density at radius 1 is 1.17 bits per heavy atom. The maximum absolute atomic E-state index is 12.5. The van der Waals surface area contributed by atoms with Crippen molar-refractivity contribution in [2.75, 3.05) is 38.4 Å². The average Bonchev–Trinajstić information content (AvgIpc) is 3.14. The summed E-state index contributed by atoms with van der Waals surface area (Å²) in [5, 5.41) is 16.3. The van der Waals surface area contributed by atoms with Crippen LogP contribution >= 0.6 is 11.6 Å². The van der Waals surface area contributed by atoms with Gasteiger partial charge in [0, 0.05) is 21.2 Å². The third-order valence-electron chi connectivity index (χ3n) is 5.36. The predicted molar refractivity (Wildman–Crippen MR) is 115 cm³/mol. The number of halogens is 1. The fourth-order valence-electron chi connectivity index (χ4n) is 3.74. The maximum atomic E-state index is 12.5. The van der Waals surface area contributed by atoms with Gasteiger partial charge in [0.2, 0.25) is 10.0 Å². The van der Waals surface area contributed by atoms with Crippen molar-refractivity contribution in [3.8, 4) is 5.75 Å². The number of hydrogen-bond donors (Lipinski definition) is 3. The molecular formula is C19H24ClN3O6S. The fourth-order valence-corrected chi connectivity index (χ4v) is 5.22. The van der Waals surface area contributed by atoms with Crippen molar-refractivity contribution < 1.29 is 18.3 Å². The number of methoxy groups -OCH3 is 1. The Kier molecular flexibility index (Phi) is 6.15. The molecule has 0 amide bonds. The Morgan fingerprint density at radius 2 is 1.77 bits per heavy atom. The van der Waals surface area contributed by atoms with Gasteiger partial charge in [0.05, 0.1) is 22.9 Å². The van der Waals surface area contributed by atoms with E-state index in [2.05, 4.69) is 10.6 Å². The highest BCUT2D eigenvalue weighted by Crippen LogP contribution is 2.40. The van der Waals surface area contributed by atoms with E-state index in [0.717, 1.165) is 30.0 Å². The van der Waals surface area contributed by atoms with Crippen LogP contribution in [0.4, 0.5) is 17.1 Å². The van der Waals surface area contributed by atoms with E-state index in [1.54, 1.807) is 7.11 Å². The smallest absolute Gasteiger partial charge is 0.253 e. The average molecular weight is 458 g/mol. The molecule has 0 unspecified atom stereocenters. The molecule has 0 heterocycles. The topological polar surface area (TPSA) is 125 Å². The SMILES string of the molecule is COCC1(Nc2c(Nc3ccc(Cl)c(S(=O)(=O)N(C)C)c3O)c(=O)c2=O)CCCC1. The van der Waals surface area contributed by atoms with Gasteiger partial charge in [-0.25, -0.2) is 12.7 Å². The molecule has 0 atom stereocenters. The first-order valence-corrected chi connectivity index (χ1v) is 11.2. The molecule has 0 saturated heterocycles. The highest BCUT2D eigenvalue weighted by molar-refractivity contribution is 7.89. The fraction of sp³-hybridized carbons (Fsp3) is 0.474. The minimum absolute atomic E-state index is 0.0341. The van der Waals surface area contributed by atoms with Crippen LogP contribution < -0.4 is 21.5 Å². The van der Waals surface area contributed by atoms with E-state index in [9.17, 15) is 23.1 Å². The van der Waals surface area contributed by atoms with E-state index in [0.29, 0.717) is 6.61 Å². The Hall–Kier alpha value is -2.14. The number of rotatable bonds is 8. The molecule has 0 radical (unpaired) electrons. The molecule has 30 heavy (non-hydrogen) atoms. The summed E-state index contributed by atoms with van der Waals surface area (Å²) in [5.41, 5.74) is -1.86. The summed E-state index contributed by atoms with van der Waals surface area (Å²) in [7, 11) is 0.136. The second-order valence-electron chi connectivity index (χ2n) is 7.64. The van der Waals surface area contributed by atoms with E-state index >= 15 is 0 Å². The Balaban J connectivity index is 1.99. The van der Waals surface area contributed by atoms with Crippen LogP contribution in [0.5, 0.6) is 5.75 Å². The van der Waals surface area contributed by atoms with Crippen molar-refractivity contribution in [3.63, 3.8) is 0 Å². The van der Waals surface area contributed by atoms with Gasteiger partial charge in [-0.15, -0.1) is 0 Å². The molecule has 164 valence electrons. The highest BCUT2D eigenvalue weighted by Gasteiger charge is 2.37. The van der Waals surface area contributed by atoms with Crippen LogP contribution in [0.25, 0.3) is 0 Å². The molecule has 11 heteroatoms. The quantitative estimate of drug-likeness (QED) is 0.406. The molecule has 1 saturated carbocycles. The summed E-state index contributed by atoms with van der Waals surface area (Å²) in [6.45, 7) is 0.378. The molecule has 0 aromatic heterocycles. The van der Waals surface area contributed by atoms with Crippen molar-refractivity contribution >= 4 is 38.7 Å². The van der Waals surface area contributed by atoms with E-state index < -0.39 is 37.1 Å². The molecule has 0 bridgehead atoms. The number of ether oxygens (including phenoxy) is 1.